The Hall–Kier alpha value is -2.48. The Morgan fingerprint density at radius 2 is 2.20 bits per heavy atom. The van der Waals surface area contributed by atoms with Crippen LogP contribution in [0.25, 0.3) is 0 Å². The van der Waals surface area contributed by atoms with E-state index in [-0.39, 0.29) is 11.7 Å². The highest BCUT2D eigenvalue weighted by Gasteiger charge is 2.08. The molecule has 104 valence electrons. The molecule has 2 heterocycles. The third-order valence-electron chi connectivity index (χ3n) is 2.30. The summed E-state index contributed by atoms with van der Waals surface area (Å²) >= 11 is 1.26. The minimum atomic E-state index is -1.05. The summed E-state index contributed by atoms with van der Waals surface area (Å²) < 4.78 is 0. The maximum atomic E-state index is 11.5. The fourth-order valence-corrected chi connectivity index (χ4v) is 2.18. The lowest BCUT2D eigenvalue weighted by atomic mass is 10.4. The molecule has 0 atom stereocenters. The number of carbonyl (C=O) groups excluding carboxylic acids is 1. The number of anilines is 1. The molecule has 0 unspecified atom stereocenters. The van der Waals surface area contributed by atoms with Gasteiger partial charge in [-0.15, -0.1) is 11.3 Å². The first-order valence-corrected chi connectivity index (χ1v) is 6.66. The number of hydrogen-bond acceptors (Lipinski definition) is 5. The number of nitrogens with one attached hydrogen (secondary N) is 2. The Labute approximate surface area is 118 Å². The topological polar surface area (TPSA) is 104 Å². The normalized spacial score (nSPS) is 10.0. The van der Waals surface area contributed by atoms with Crippen LogP contribution >= 0.6 is 11.3 Å². The maximum Gasteiger partial charge on any atom is 0.355 e. The third-order valence-corrected chi connectivity index (χ3v) is 3.21. The van der Waals surface area contributed by atoms with Crippen molar-refractivity contribution in [3.8, 4) is 0 Å². The van der Waals surface area contributed by atoms with Crippen LogP contribution in [-0.4, -0.2) is 33.6 Å². The molecule has 2 aromatic rings. The van der Waals surface area contributed by atoms with Gasteiger partial charge in [-0.1, -0.05) is 6.07 Å². The van der Waals surface area contributed by atoms with Crippen LogP contribution in [0.5, 0.6) is 0 Å². The molecule has 0 aliphatic carbocycles. The largest absolute Gasteiger partial charge is 0.476 e. The van der Waals surface area contributed by atoms with Gasteiger partial charge in [0.1, 0.15) is 5.82 Å². The maximum absolute atomic E-state index is 11.5. The zero-order chi connectivity index (χ0) is 14.4. The van der Waals surface area contributed by atoms with Crippen molar-refractivity contribution in [1.29, 1.82) is 0 Å². The quantitative estimate of drug-likeness (QED) is 0.776. The highest BCUT2D eigenvalue weighted by atomic mass is 32.1. The number of carboxylic acids is 1. The first-order chi connectivity index (χ1) is 9.65. The molecule has 0 aliphatic heterocycles. The molecule has 2 rings (SSSR count). The molecule has 0 aromatic carbocycles. The molecule has 0 saturated carbocycles. The lowest BCUT2D eigenvalue weighted by Gasteiger charge is -2.05. The van der Waals surface area contributed by atoms with E-state index in [1.165, 1.54) is 16.7 Å². The highest BCUT2D eigenvalue weighted by molar-refractivity contribution is 7.09. The van der Waals surface area contributed by atoms with Crippen molar-refractivity contribution in [2.24, 2.45) is 0 Å². The van der Waals surface area contributed by atoms with Gasteiger partial charge in [0.05, 0.1) is 5.01 Å². The van der Waals surface area contributed by atoms with Crippen LogP contribution in [0.2, 0.25) is 0 Å². The van der Waals surface area contributed by atoms with Crippen molar-refractivity contribution in [3.63, 3.8) is 0 Å². The third kappa shape index (κ3) is 4.02. The van der Waals surface area contributed by atoms with Crippen molar-refractivity contribution < 1.29 is 14.7 Å². The average Bonchev–Trinajstić information content (AvgIpc) is 2.89. The highest BCUT2D eigenvalue weighted by Crippen LogP contribution is 2.09. The monoisotopic (exact) mass is 292 g/mol. The first-order valence-electron chi connectivity index (χ1n) is 5.79. The molecular weight excluding hydrogens is 280 g/mol. The van der Waals surface area contributed by atoms with Crippen LogP contribution in [0.1, 0.15) is 15.5 Å². The summed E-state index contributed by atoms with van der Waals surface area (Å²) in [6.07, 6.45) is 2.06. The van der Waals surface area contributed by atoms with E-state index in [9.17, 15) is 9.59 Å². The summed E-state index contributed by atoms with van der Waals surface area (Å²) in [6.45, 7) is 0.366. The van der Waals surface area contributed by atoms with Crippen LogP contribution in [-0.2, 0) is 6.42 Å². The van der Waals surface area contributed by atoms with Crippen LogP contribution in [0.15, 0.2) is 29.8 Å². The summed E-state index contributed by atoms with van der Waals surface area (Å²) in [5.41, 5.74) is 0.0305. The van der Waals surface area contributed by atoms with Gasteiger partial charge in [-0.3, -0.25) is 5.32 Å². The Morgan fingerprint density at radius 1 is 1.35 bits per heavy atom. The molecule has 2 aromatic heterocycles. The summed E-state index contributed by atoms with van der Waals surface area (Å²) in [4.78, 5) is 30.1. The number of carbonyl (C=O) groups is 2. The van der Waals surface area contributed by atoms with Crippen LogP contribution in [0.3, 0.4) is 0 Å². The SMILES string of the molecule is O=C(NCCc1nc(C(=O)O)cs1)Nc1ccccn1. The molecule has 0 aliphatic rings. The van der Waals surface area contributed by atoms with E-state index in [4.69, 9.17) is 5.11 Å². The van der Waals surface area contributed by atoms with Gasteiger partial charge in [-0.05, 0) is 12.1 Å². The van der Waals surface area contributed by atoms with Crippen molar-refractivity contribution in [3.05, 3.63) is 40.5 Å². The second kappa shape index (κ2) is 6.62. The molecular formula is C12H12N4O3S. The number of urea groups is 1. The fourth-order valence-electron chi connectivity index (χ4n) is 1.40. The molecule has 0 spiro atoms. The van der Waals surface area contributed by atoms with Crippen LogP contribution in [0.4, 0.5) is 10.6 Å². The predicted molar refractivity (Wildman–Crippen MR) is 74.0 cm³/mol. The van der Waals surface area contributed by atoms with Gasteiger partial charge in [0.25, 0.3) is 0 Å². The molecule has 0 bridgehead atoms. The van der Waals surface area contributed by atoms with E-state index < -0.39 is 5.97 Å². The van der Waals surface area contributed by atoms with E-state index >= 15 is 0 Å². The van der Waals surface area contributed by atoms with Crippen molar-refractivity contribution in [1.82, 2.24) is 15.3 Å². The van der Waals surface area contributed by atoms with E-state index in [0.29, 0.717) is 23.8 Å². The zero-order valence-electron chi connectivity index (χ0n) is 10.4. The molecule has 0 radical (unpaired) electrons. The van der Waals surface area contributed by atoms with Gasteiger partial charge >= 0.3 is 12.0 Å². The summed E-state index contributed by atoms with van der Waals surface area (Å²) in [6, 6.07) is 4.84. The molecule has 0 saturated heterocycles. The Bertz CT molecular complexity index is 600. The van der Waals surface area contributed by atoms with Crippen LogP contribution < -0.4 is 10.6 Å². The Balaban J connectivity index is 1.75. The smallest absolute Gasteiger partial charge is 0.355 e. The van der Waals surface area contributed by atoms with Gasteiger partial charge in [0, 0.05) is 24.5 Å². The molecule has 0 fully saturated rings. The average molecular weight is 292 g/mol. The number of thiazole rings is 1. The van der Waals surface area contributed by atoms with E-state index in [0.717, 1.165) is 0 Å². The lowest BCUT2D eigenvalue weighted by molar-refractivity contribution is 0.0691. The lowest BCUT2D eigenvalue weighted by Crippen LogP contribution is -2.30. The second-order valence-electron chi connectivity index (χ2n) is 3.78. The Kier molecular flexibility index (Phi) is 4.61. The molecule has 3 N–H and O–H groups in total. The number of rotatable bonds is 5. The van der Waals surface area contributed by atoms with E-state index in [1.807, 2.05) is 0 Å². The molecule has 2 amide bonds. The van der Waals surface area contributed by atoms with Crippen molar-refractivity contribution in [2.45, 2.75) is 6.42 Å². The first kappa shape index (κ1) is 13.9. The van der Waals surface area contributed by atoms with Gasteiger partial charge in [0.2, 0.25) is 0 Å². The standard InChI is InChI=1S/C12H12N4O3S/c17-11(18)8-7-20-10(15-8)4-6-14-12(19)16-9-3-1-2-5-13-9/h1-3,5,7H,4,6H2,(H,17,18)(H2,13,14,16,19). The predicted octanol–water partition coefficient (Wildman–Crippen LogP) is 1.60. The van der Waals surface area contributed by atoms with E-state index in [1.54, 1.807) is 24.4 Å². The van der Waals surface area contributed by atoms with Crippen LogP contribution in [0, 0.1) is 0 Å². The molecule has 8 heteroatoms. The number of amides is 2. The summed E-state index contributed by atoms with van der Waals surface area (Å²) in [5.74, 6) is -0.583. The van der Waals surface area contributed by atoms with E-state index in [2.05, 4.69) is 20.6 Å². The minimum Gasteiger partial charge on any atom is -0.476 e. The van der Waals surface area contributed by atoms with Gasteiger partial charge < -0.3 is 10.4 Å². The second-order valence-corrected chi connectivity index (χ2v) is 4.72. The van der Waals surface area contributed by atoms with Gasteiger partial charge in [-0.25, -0.2) is 19.6 Å². The minimum absolute atomic E-state index is 0.0305. The number of carboxylic acid groups (broad SMARTS) is 1. The van der Waals surface area contributed by atoms with Gasteiger partial charge in [0.15, 0.2) is 5.69 Å². The number of pyridine rings is 1. The summed E-state index contributed by atoms with van der Waals surface area (Å²) in [5, 5.41) is 16.1. The number of aromatic carboxylic acids is 1. The van der Waals surface area contributed by atoms with Gasteiger partial charge in [-0.2, -0.15) is 0 Å². The molecule has 7 nitrogen and oxygen atoms in total. The number of hydrogen-bond donors (Lipinski definition) is 3. The number of aromatic nitrogens is 2. The summed E-state index contributed by atoms with van der Waals surface area (Å²) in [7, 11) is 0. The fraction of sp³-hybridized carbons (Fsp3) is 0.167. The zero-order valence-corrected chi connectivity index (χ0v) is 11.2. The van der Waals surface area contributed by atoms with Crippen molar-refractivity contribution in [2.75, 3.05) is 11.9 Å². The van der Waals surface area contributed by atoms with Crippen molar-refractivity contribution >= 4 is 29.2 Å². The molecule has 20 heavy (non-hydrogen) atoms. The Morgan fingerprint density at radius 3 is 2.85 bits per heavy atom. The number of nitrogens with zero attached hydrogens (tertiary/aromatic N) is 2.